The molecule has 1 heterocycles. The van der Waals surface area contributed by atoms with Crippen LogP contribution in [-0.4, -0.2) is 22.5 Å². The van der Waals surface area contributed by atoms with Gasteiger partial charge < -0.3 is 9.47 Å². The number of carbonyl (C=O) groups excluding carboxylic acids is 1. The molecule has 5 nitrogen and oxygen atoms in total. The van der Waals surface area contributed by atoms with Crippen molar-refractivity contribution in [3.8, 4) is 22.9 Å². The Morgan fingerprint density at radius 1 is 0.963 bits per heavy atom. The number of hydrogen-bond acceptors (Lipinski definition) is 5. The van der Waals surface area contributed by atoms with Crippen LogP contribution in [-0.2, 0) is 4.79 Å². The Bertz CT molecular complexity index is 684. The molecule has 2 rings (SSSR count). The standard InChI is InChI=1S/C22H30N2O3/c1-4-7-8-14-26-20-15-23-21(24-16-20)18-10-12-19(13-11-18)27-22(25)17(6-3)9-5-2/h10-13,15-17H,4-9,14H2,1-3H3. The van der Waals surface area contributed by atoms with Gasteiger partial charge in [0.05, 0.1) is 24.9 Å². The molecule has 1 aromatic carbocycles. The Morgan fingerprint density at radius 3 is 2.26 bits per heavy atom. The second kappa shape index (κ2) is 11.3. The molecule has 5 heteroatoms. The molecule has 0 radical (unpaired) electrons. The highest BCUT2D eigenvalue weighted by Crippen LogP contribution is 2.22. The normalized spacial score (nSPS) is 11.8. The second-order valence-corrected chi connectivity index (χ2v) is 6.64. The molecule has 0 fully saturated rings. The highest BCUT2D eigenvalue weighted by molar-refractivity contribution is 5.75. The molecule has 0 aliphatic heterocycles. The third-order valence-corrected chi connectivity index (χ3v) is 4.44. The molecule has 27 heavy (non-hydrogen) atoms. The first-order valence-electron chi connectivity index (χ1n) is 9.94. The maximum Gasteiger partial charge on any atom is 0.314 e. The summed E-state index contributed by atoms with van der Waals surface area (Å²) in [6, 6.07) is 7.29. The van der Waals surface area contributed by atoms with Crippen LogP contribution < -0.4 is 9.47 Å². The predicted molar refractivity (Wildman–Crippen MR) is 107 cm³/mol. The Labute approximate surface area is 162 Å². The van der Waals surface area contributed by atoms with Crippen molar-refractivity contribution in [3.63, 3.8) is 0 Å². The molecule has 0 aliphatic carbocycles. The quantitative estimate of drug-likeness (QED) is 0.299. The Hall–Kier alpha value is -2.43. The summed E-state index contributed by atoms with van der Waals surface area (Å²) in [5.41, 5.74) is 0.868. The fraction of sp³-hybridized carbons (Fsp3) is 0.500. The van der Waals surface area contributed by atoms with E-state index in [1.807, 2.05) is 19.1 Å². The lowest BCUT2D eigenvalue weighted by atomic mass is 10.0. The van der Waals surface area contributed by atoms with Crippen LogP contribution in [0, 0.1) is 5.92 Å². The van der Waals surface area contributed by atoms with E-state index in [9.17, 15) is 4.79 Å². The topological polar surface area (TPSA) is 61.3 Å². The van der Waals surface area contributed by atoms with Gasteiger partial charge >= 0.3 is 5.97 Å². The molecule has 146 valence electrons. The average molecular weight is 370 g/mol. The van der Waals surface area contributed by atoms with Crippen molar-refractivity contribution in [1.82, 2.24) is 9.97 Å². The van der Waals surface area contributed by atoms with Gasteiger partial charge in [0, 0.05) is 5.56 Å². The molecular weight excluding hydrogens is 340 g/mol. The van der Waals surface area contributed by atoms with Crippen molar-refractivity contribution in [3.05, 3.63) is 36.7 Å². The van der Waals surface area contributed by atoms with Crippen LogP contribution in [0.5, 0.6) is 11.5 Å². The first-order chi connectivity index (χ1) is 13.2. The zero-order valence-corrected chi connectivity index (χ0v) is 16.6. The summed E-state index contributed by atoms with van der Waals surface area (Å²) in [7, 11) is 0. The number of ether oxygens (including phenoxy) is 2. The summed E-state index contributed by atoms with van der Waals surface area (Å²) < 4.78 is 11.1. The van der Waals surface area contributed by atoms with Gasteiger partial charge in [-0.3, -0.25) is 4.79 Å². The number of aromatic nitrogens is 2. The summed E-state index contributed by atoms with van der Waals surface area (Å²) in [6.07, 6.45) is 9.38. The van der Waals surface area contributed by atoms with Crippen molar-refractivity contribution in [1.29, 1.82) is 0 Å². The van der Waals surface area contributed by atoms with E-state index in [1.54, 1.807) is 24.5 Å². The maximum atomic E-state index is 12.2. The van der Waals surface area contributed by atoms with Gasteiger partial charge in [0.25, 0.3) is 0 Å². The molecule has 0 aliphatic rings. The second-order valence-electron chi connectivity index (χ2n) is 6.64. The summed E-state index contributed by atoms with van der Waals surface area (Å²) in [6.45, 7) is 6.94. The van der Waals surface area contributed by atoms with Gasteiger partial charge in [0.1, 0.15) is 5.75 Å². The van der Waals surface area contributed by atoms with Gasteiger partial charge in [-0.1, -0.05) is 40.0 Å². The number of unbranched alkanes of at least 4 members (excludes halogenated alkanes) is 2. The molecule has 0 bridgehead atoms. The van der Waals surface area contributed by atoms with Crippen LogP contribution in [0.3, 0.4) is 0 Å². The van der Waals surface area contributed by atoms with Gasteiger partial charge in [-0.15, -0.1) is 0 Å². The summed E-state index contributed by atoms with van der Waals surface area (Å²) in [5.74, 6) is 1.65. The van der Waals surface area contributed by atoms with E-state index in [4.69, 9.17) is 9.47 Å². The number of hydrogen-bond donors (Lipinski definition) is 0. The van der Waals surface area contributed by atoms with Crippen LogP contribution in [0.15, 0.2) is 36.7 Å². The van der Waals surface area contributed by atoms with Gasteiger partial charge in [0.15, 0.2) is 11.6 Å². The number of nitrogens with zero attached hydrogens (tertiary/aromatic N) is 2. The molecule has 0 N–H and O–H groups in total. The molecule has 1 unspecified atom stereocenters. The maximum absolute atomic E-state index is 12.2. The van der Waals surface area contributed by atoms with Crippen LogP contribution in [0.4, 0.5) is 0 Å². The highest BCUT2D eigenvalue weighted by atomic mass is 16.5. The Balaban J connectivity index is 1.93. The van der Waals surface area contributed by atoms with E-state index in [0.717, 1.165) is 37.7 Å². The number of esters is 1. The largest absolute Gasteiger partial charge is 0.490 e. The SMILES string of the molecule is CCCCCOc1cnc(-c2ccc(OC(=O)C(CC)CCC)cc2)nc1. The van der Waals surface area contributed by atoms with Crippen molar-refractivity contribution in [2.45, 2.75) is 59.3 Å². The highest BCUT2D eigenvalue weighted by Gasteiger charge is 2.17. The Kier molecular flexibility index (Phi) is 8.75. The lowest BCUT2D eigenvalue weighted by molar-refractivity contribution is -0.139. The lowest BCUT2D eigenvalue weighted by Crippen LogP contribution is -2.19. The summed E-state index contributed by atoms with van der Waals surface area (Å²) >= 11 is 0. The first kappa shape index (κ1) is 20.9. The molecule has 0 saturated carbocycles. The zero-order chi connectivity index (χ0) is 19.5. The predicted octanol–water partition coefficient (Wildman–Crippen LogP) is 5.44. The van der Waals surface area contributed by atoms with Crippen LogP contribution in [0.1, 0.15) is 59.3 Å². The molecule has 0 saturated heterocycles. The fourth-order valence-electron chi connectivity index (χ4n) is 2.79. The van der Waals surface area contributed by atoms with Crippen molar-refractivity contribution >= 4 is 5.97 Å². The minimum Gasteiger partial charge on any atom is -0.490 e. The lowest BCUT2D eigenvalue weighted by Gasteiger charge is -2.13. The van der Waals surface area contributed by atoms with Crippen LogP contribution in [0.2, 0.25) is 0 Å². The molecule has 0 amide bonds. The third kappa shape index (κ3) is 6.66. The average Bonchev–Trinajstić information content (AvgIpc) is 2.70. The molecule has 1 aromatic heterocycles. The summed E-state index contributed by atoms with van der Waals surface area (Å²) in [5, 5.41) is 0. The van der Waals surface area contributed by atoms with E-state index in [-0.39, 0.29) is 11.9 Å². The van der Waals surface area contributed by atoms with Crippen molar-refractivity contribution in [2.75, 3.05) is 6.61 Å². The van der Waals surface area contributed by atoms with E-state index in [2.05, 4.69) is 23.8 Å². The van der Waals surface area contributed by atoms with Gasteiger partial charge in [-0.2, -0.15) is 0 Å². The van der Waals surface area contributed by atoms with E-state index in [1.165, 1.54) is 6.42 Å². The van der Waals surface area contributed by atoms with Gasteiger partial charge in [0.2, 0.25) is 0 Å². The van der Waals surface area contributed by atoms with Gasteiger partial charge in [-0.25, -0.2) is 9.97 Å². The third-order valence-electron chi connectivity index (χ3n) is 4.44. The smallest absolute Gasteiger partial charge is 0.314 e. The van der Waals surface area contributed by atoms with E-state index < -0.39 is 0 Å². The van der Waals surface area contributed by atoms with E-state index in [0.29, 0.717) is 23.9 Å². The summed E-state index contributed by atoms with van der Waals surface area (Å²) in [4.78, 5) is 20.9. The molecule has 2 aromatic rings. The first-order valence-corrected chi connectivity index (χ1v) is 9.94. The zero-order valence-electron chi connectivity index (χ0n) is 16.6. The van der Waals surface area contributed by atoms with Crippen molar-refractivity contribution in [2.24, 2.45) is 5.92 Å². The van der Waals surface area contributed by atoms with Gasteiger partial charge in [-0.05, 0) is 43.5 Å². The van der Waals surface area contributed by atoms with E-state index >= 15 is 0 Å². The molecule has 0 spiro atoms. The van der Waals surface area contributed by atoms with Crippen LogP contribution >= 0.6 is 0 Å². The number of benzene rings is 1. The minimum atomic E-state index is -0.159. The number of rotatable bonds is 11. The Morgan fingerprint density at radius 2 is 1.67 bits per heavy atom. The van der Waals surface area contributed by atoms with Crippen molar-refractivity contribution < 1.29 is 14.3 Å². The monoisotopic (exact) mass is 370 g/mol. The number of carbonyl (C=O) groups is 1. The molecular formula is C22H30N2O3. The minimum absolute atomic E-state index is 0.0390. The molecule has 1 atom stereocenters. The fourth-order valence-corrected chi connectivity index (χ4v) is 2.79. The van der Waals surface area contributed by atoms with Crippen LogP contribution in [0.25, 0.3) is 11.4 Å².